The summed E-state index contributed by atoms with van der Waals surface area (Å²) in [6, 6.07) is 17.3. The van der Waals surface area contributed by atoms with Crippen LogP contribution in [-0.4, -0.2) is 22.9 Å². The van der Waals surface area contributed by atoms with Gasteiger partial charge >= 0.3 is 6.36 Å². The van der Waals surface area contributed by atoms with Crippen LogP contribution in [0.4, 0.5) is 17.7 Å². The lowest BCUT2D eigenvalue weighted by Crippen LogP contribution is -2.17. The van der Waals surface area contributed by atoms with Gasteiger partial charge < -0.3 is 19.2 Å². The van der Waals surface area contributed by atoms with Crippen molar-refractivity contribution in [1.82, 2.24) is 9.97 Å². The first-order valence-electron chi connectivity index (χ1n) is 10.3. The van der Waals surface area contributed by atoms with Gasteiger partial charge in [0.05, 0.1) is 11.0 Å². The SMILES string of the molecule is CCOC(c1ccc(OCc2ccc(OC(F)(F)F)cc2)cc1)c1nc2ccc(OF)cc2[nH]1. The fourth-order valence-electron chi connectivity index (χ4n) is 3.37. The highest BCUT2D eigenvalue weighted by Gasteiger charge is 2.31. The van der Waals surface area contributed by atoms with Crippen LogP contribution >= 0.6 is 0 Å². The molecule has 0 spiro atoms. The zero-order valence-corrected chi connectivity index (χ0v) is 17.9. The standard InChI is InChI=1S/C24H20F4N2O4/c1-2-31-22(23-29-20-12-11-19(34-28)13-21(20)30-23)16-5-9-17(10-6-16)32-14-15-3-7-18(8-4-15)33-24(25,26)27/h3-13,22H,2,14H2,1H3,(H,29,30). The van der Waals surface area contributed by atoms with Gasteiger partial charge in [0.25, 0.3) is 0 Å². The Kier molecular flexibility index (Phi) is 6.87. The average molecular weight is 476 g/mol. The lowest BCUT2D eigenvalue weighted by atomic mass is 10.1. The quantitative estimate of drug-likeness (QED) is 0.282. The zero-order chi connectivity index (χ0) is 24.1. The van der Waals surface area contributed by atoms with Crippen molar-refractivity contribution < 1.29 is 36.8 Å². The Balaban J connectivity index is 1.44. The van der Waals surface area contributed by atoms with E-state index in [4.69, 9.17) is 9.47 Å². The number of benzene rings is 3. The van der Waals surface area contributed by atoms with Gasteiger partial charge in [-0.1, -0.05) is 24.3 Å². The number of hydrogen-bond acceptors (Lipinski definition) is 5. The summed E-state index contributed by atoms with van der Waals surface area (Å²) in [4.78, 5) is 11.5. The molecular formula is C24H20F4N2O4. The molecule has 0 aliphatic rings. The number of alkyl halides is 3. The van der Waals surface area contributed by atoms with Crippen molar-refractivity contribution in [2.45, 2.75) is 26.0 Å². The summed E-state index contributed by atoms with van der Waals surface area (Å²) in [7, 11) is 0. The van der Waals surface area contributed by atoms with E-state index in [2.05, 4.69) is 19.6 Å². The Hall–Kier alpha value is -3.79. The number of H-pyrrole nitrogens is 1. The van der Waals surface area contributed by atoms with E-state index in [1.54, 1.807) is 18.2 Å². The van der Waals surface area contributed by atoms with Crippen molar-refractivity contribution in [1.29, 1.82) is 0 Å². The molecule has 1 unspecified atom stereocenters. The van der Waals surface area contributed by atoms with Gasteiger partial charge in [0.15, 0.2) is 5.75 Å². The summed E-state index contributed by atoms with van der Waals surface area (Å²) in [6.45, 7) is 2.48. The third-order valence-corrected chi connectivity index (χ3v) is 4.89. The lowest BCUT2D eigenvalue weighted by molar-refractivity contribution is -0.274. The molecular weight excluding hydrogens is 456 g/mol. The van der Waals surface area contributed by atoms with Gasteiger partial charge in [0, 0.05) is 17.2 Å². The molecule has 4 rings (SSSR count). The normalized spacial score (nSPS) is 12.5. The molecule has 1 N–H and O–H groups in total. The molecule has 1 atom stereocenters. The van der Waals surface area contributed by atoms with E-state index in [1.807, 2.05) is 19.1 Å². The number of ether oxygens (including phenoxy) is 3. The monoisotopic (exact) mass is 476 g/mol. The van der Waals surface area contributed by atoms with Gasteiger partial charge in [-0.25, -0.2) is 4.98 Å². The smallest absolute Gasteiger partial charge is 0.489 e. The number of nitrogens with one attached hydrogen (secondary N) is 1. The summed E-state index contributed by atoms with van der Waals surface area (Å²) in [5.41, 5.74) is 2.77. The van der Waals surface area contributed by atoms with Crippen LogP contribution in [0.5, 0.6) is 17.2 Å². The molecule has 34 heavy (non-hydrogen) atoms. The number of rotatable bonds is 9. The molecule has 0 radical (unpaired) electrons. The van der Waals surface area contributed by atoms with Gasteiger partial charge in [0.1, 0.15) is 30.0 Å². The van der Waals surface area contributed by atoms with E-state index in [0.29, 0.717) is 34.8 Å². The number of hydrogen-bond donors (Lipinski definition) is 1. The van der Waals surface area contributed by atoms with Gasteiger partial charge in [-0.2, -0.15) is 0 Å². The average Bonchev–Trinajstić information content (AvgIpc) is 3.24. The van der Waals surface area contributed by atoms with Crippen molar-refractivity contribution >= 4 is 11.0 Å². The molecule has 0 amide bonds. The van der Waals surface area contributed by atoms with Crippen molar-refractivity contribution in [3.8, 4) is 17.2 Å². The number of nitrogens with zero attached hydrogens (tertiary/aromatic N) is 1. The Morgan fingerprint density at radius 3 is 2.24 bits per heavy atom. The molecule has 0 fully saturated rings. The fraction of sp³-hybridized carbons (Fsp3) is 0.208. The predicted molar refractivity (Wildman–Crippen MR) is 115 cm³/mol. The summed E-state index contributed by atoms with van der Waals surface area (Å²) in [5.74, 6) is 0.910. The summed E-state index contributed by atoms with van der Waals surface area (Å²) < 4.78 is 64.7. The summed E-state index contributed by atoms with van der Waals surface area (Å²) >= 11 is 0. The summed E-state index contributed by atoms with van der Waals surface area (Å²) in [6.07, 6.45) is -5.21. The van der Waals surface area contributed by atoms with Crippen molar-refractivity contribution in [2.75, 3.05) is 6.61 Å². The Bertz CT molecular complexity index is 1220. The Labute approximate surface area is 191 Å². The first-order chi connectivity index (χ1) is 16.3. The molecule has 4 aromatic rings. The minimum absolute atomic E-state index is 0.0691. The molecule has 1 heterocycles. The molecule has 6 nitrogen and oxygen atoms in total. The Morgan fingerprint density at radius 1 is 0.912 bits per heavy atom. The third kappa shape index (κ3) is 5.76. The number of fused-ring (bicyclic) bond motifs is 1. The van der Waals surface area contributed by atoms with E-state index < -0.39 is 12.5 Å². The van der Waals surface area contributed by atoms with E-state index in [9.17, 15) is 17.7 Å². The van der Waals surface area contributed by atoms with Crippen molar-refractivity contribution in [3.63, 3.8) is 0 Å². The van der Waals surface area contributed by atoms with E-state index in [0.717, 1.165) is 5.56 Å². The number of aromatic amines is 1. The van der Waals surface area contributed by atoms with Gasteiger partial charge in [-0.05, 0) is 54.4 Å². The molecule has 3 aromatic carbocycles. The van der Waals surface area contributed by atoms with E-state index in [1.165, 1.54) is 36.4 Å². The van der Waals surface area contributed by atoms with Crippen LogP contribution in [0.15, 0.2) is 66.7 Å². The van der Waals surface area contributed by atoms with Gasteiger partial charge in [0.2, 0.25) is 0 Å². The lowest BCUT2D eigenvalue weighted by Gasteiger charge is -2.16. The number of halogens is 4. The highest BCUT2D eigenvalue weighted by atomic mass is 19.4. The number of aromatic nitrogens is 2. The molecule has 10 heteroatoms. The maximum atomic E-state index is 12.5. The minimum Gasteiger partial charge on any atom is -0.489 e. The Morgan fingerprint density at radius 2 is 1.59 bits per heavy atom. The van der Waals surface area contributed by atoms with Crippen LogP contribution in [0, 0.1) is 0 Å². The van der Waals surface area contributed by atoms with Crippen LogP contribution in [0.25, 0.3) is 11.0 Å². The van der Waals surface area contributed by atoms with Crippen molar-refractivity contribution in [2.24, 2.45) is 0 Å². The van der Waals surface area contributed by atoms with Gasteiger partial charge in [-0.3, -0.25) is 4.94 Å². The highest BCUT2D eigenvalue weighted by Crippen LogP contribution is 2.29. The van der Waals surface area contributed by atoms with Gasteiger partial charge in [-0.15, -0.1) is 13.2 Å². The molecule has 1 aromatic heterocycles. The topological polar surface area (TPSA) is 65.6 Å². The second-order valence-electron chi connectivity index (χ2n) is 7.26. The largest absolute Gasteiger partial charge is 0.573 e. The van der Waals surface area contributed by atoms with Crippen LogP contribution in [0.1, 0.15) is 30.0 Å². The van der Waals surface area contributed by atoms with Crippen molar-refractivity contribution in [3.05, 3.63) is 83.7 Å². The second-order valence-corrected chi connectivity index (χ2v) is 7.26. The molecule has 0 saturated heterocycles. The minimum atomic E-state index is -4.73. The number of imidazole rings is 1. The van der Waals surface area contributed by atoms with Crippen LogP contribution in [0.2, 0.25) is 0 Å². The third-order valence-electron chi connectivity index (χ3n) is 4.89. The first-order valence-corrected chi connectivity index (χ1v) is 10.3. The molecule has 178 valence electrons. The van der Waals surface area contributed by atoms with Crippen LogP contribution < -0.4 is 14.4 Å². The molecule has 0 saturated carbocycles. The van der Waals surface area contributed by atoms with Crippen LogP contribution in [0.3, 0.4) is 0 Å². The zero-order valence-electron chi connectivity index (χ0n) is 17.9. The van der Waals surface area contributed by atoms with Crippen LogP contribution in [-0.2, 0) is 11.3 Å². The molecule has 0 aliphatic heterocycles. The van der Waals surface area contributed by atoms with E-state index in [-0.39, 0.29) is 18.1 Å². The highest BCUT2D eigenvalue weighted by molar-refractivity contribution is 5.77. The maximum absolute atomic E-state index is 12.5. The molecule has 0 aliphatic carbocycles. The fourth-order valence-corrected chi connectivity index (χ4v) is 3.37. The summed E-state index contributed by atoms with van der Waals surface area (Å²) in [5, 5.41) is 0. The molecule has 0 bridgehead atoms. The first kappa shape index (κ1) is 23.4. The second kappa shape index (κ2) is 10.0. The predicted octanol–water partition coefficient (Wildman–Crippen LogP) is 6.43. The maximum Gasteiger partial charge on any atom is 0.573 e. The van der Waals surface area contributed by atoms with E-state index >= 15 is 0 Å².